The van der Waals surface area contributed by atoms with E-state index in [4.69, 9.17) is 15.9 Å². The molecule has 0 radical (unpaired) electrons. The lowest BCUT2D eigenvalue weighted by atomic mass is 10.1. The van der Waals surface area contributed by atoms with Gasteiger partial charge in [0.2, 0.25) is 5.78 Å². The van der Waals surface area contributed by atoms with Gasteiger partial charge in [0.15, 0.2) is 0 Å². The molecule has 0 aliphatic carbocycles. The second kappa shape index (κ2) is 7.16. The maximum absolute atomic E-state index is 11.4. The minimum atomic E-state index is -0.346. The zero-order valence-corrected chi connectivity index (χ0v) is 11.8. The van der Waals surface area contributed by atoms with Gasteiger partial charge in [-0.15, -0.1) is 6.42 Å². The minimum Gasteiger partial charge on any atom is -0.494 e. The third kappa shape index (κ3) is 4.12. The quantitative estimate of drug-likeness (QED) is 0.461. The molecule has 0 N–H and O–H groups in total. The predicted molar refractivity (Wildman–Crippen MR) is 81.5 cm³/mol. The topological polar surface area (TPSA) is 35.5 Å². The zero-order valence-electron chi connectivity index (χ0n) is 11.8. The monoisotopic (exact) mass is 280 g/mol. The highest BCUT2D eigenvalue weighted by Gasteiger charge is 2.04. The molecule has 3 heteroatoms. The zero-order chi connectivity index (χ0) is 15.1. The number of ether oxygens (including phenoxy) is 2. The number of ketones is 1. The number of hydrogen-bond donors (Lipinski definition) is 0. The van der Waals surface area contributed by atoms with Crippen molar-refractivity contribution in [3.05, 3.63) is 59.7 Å². The SMILES string of the molecule is C#CC(=O)c1cccc(OCc2ccc(OCC)cc2)c1. The van der Waals surface area contributed by atoms with Crippen LogP contribution in [0.15, 0.2) is 48.5 Å². The van der Waals surface area contributed by atoms with Crippen molar-refractivity contribution in [3.63, 3.8) is 0 Å². The number of rotatable bonds is 6. The van der Waals surface area contributed by atoms with E-state index in [0.717, 1.165) is 11.3 Å². The maximum atomic E-state index is 11.4. The van der Waals surface area contributed by atoms with Crippen LogP contribution in [0.1, 0.15) is 22.8 Å². The van der Waals surface area contributed by atoms with Crippen LogP contribution in [0.4, 0.5) is 0 Å². The molecule has 0 spiro atoms. The minimum absolute atomic E-state index is 0.346. The normalized spacial score (nSPS) is 9.71. The predicted octanol–water partition coefficient (Wildman–Crippen LogP) is 3.48. The van der Waals surface area contributed by atoms with Crippen molar-refractivity contribution in [1.29, 1.82) is 0 Å². The molecule has 21 heavy (non-hydrogen) atoms. The Hall–Kier alpha value is -2.73. The van der Waals surface area contributed by atoms with E-state index in [2.05, 4.69) is 5.92 Å². The molecule has 0 aliphatic heterocycles. The number of carbonyl (C=O) groups excluding carboxylic acids is 1. The molecule has 0 fully saturated rings. The van der Waals surface area contributed by atoms with Gasteiger partial charge in [-0.1, -0.05) is 24.3 Å². The molecule has 3 nitrogen and oxygen atoms in total. The third-order valence-corrected chi connectivity index (χ3v) is 2.87. The van der Waals surface area contributed by atoms with Crippen molar-refractivity contribution in [2.45, 2.75) is 13.5 Å². The number of carbonyl (C=O) groups is 1. The van der Waals surface area contributed by atoms with E-state index in [9.17, 15) is 4.79 Å². The standard InChI is InChI=1S/C18H16O3/c1-3-18(19)15-6-5-7-17(12-15)21-13-14-8-10-16(11-9-14)20-4-2/h1,5-12H,4,13H2,2H3. The first-order valence-electron chi connectivity index (χ1n) is 6.68. The molecule has 0 saturated carbocycles. The maximum Gasteiger partial charge on any atom is 0.235 e. The summed E-state index contributed by atoms with van der Waals surface area (Å²) in [6, 6.07) is 14.6. The Morgan fingerprint density at radius 3 is 2.52 bits per heavy atom. The lowest BCUT2D eigenvalue weighted by Crippen LogP contribution is -1.99. The average molecular weight is 280 g/mol. The first kappa shape index (κ1) is 14.7. The molecular formula is C18H16O3. The summed E-state index contributed by atoms with van der Waals surface area (Å²) < 4.78 is 11.0. The van der Waals surface area contributed by atoms with Crippen LogP contribution in [0.2, 0.25) is 0 Å². The van der Waals surface area contributed by atoms with E-state index in [1.54, 1.807) is 24.3 Å². The van der Waals surface area contributed by atoms with Crippen molar-refractivity contribution < 1.29 is 14.3 Å². The summed E-state index contributed by atoms with van der Waals surface area (Å²) in [7, 11) is 0. The Bertz CT molecular complexity index is 651. The van der Waals surface area contributed by atoms with Crippen molar-refractivity contribution >= 4 is 5.78 Å². The molecule has 106 valence electrons. The Kier molecular flexibility index (Phi) is 5.00. The molecule has 2 rings (SSSR count). The van der Waals surface area contributed by atoms with Gasteiger partial charge in [0.25, 0.3) is 0 Å². The van der Waals surface area contributed by atoms with Gasteiger partial charge in [-0.25, -0.2) is 0 Å². The largest absolute Gasteiger partial charge is 0.494 e. The summed E-state index contributed by atoms with van der Waals surface area (Å²) in [4.78, 5) is 11.4. The Labute approximate surface area is 124 Å². The van der Waals surface area contributed by atoms with Gasteiger partial charge in [-0.2, -0.15) is 0 Å². The fourth-order valence-electron chi connectivity index (χ4n) is 1.83. The van der Waals surface area contributed by atoms with Gasteiger partial charge in [0.1, 0.15) is 18.1 Å². The molecule has 2 aromatic carbocycles. The Morgan fingerprint density at radius 2 is 1.86 bits per heavy atom. The summed E-state index contributed by atoms with van der Waals surface area (Å²) in [5.74, 6) is 3.20. The first-order chi connectivity index (χ1) is 10.2. The van der Waals surface area contributed by atoms with Crippen LogP contribution < -0.4 is 9.47 Å². The van der Waals surface area contributed by atoms with E-state index >= 15 is 0 Å². The fraction of sp³-hybridized carbons (Fsp3) is 0.167. The second-order valence-corrected chi connectivity index (χ2v) is 4.37. The van der Waals surface area contributed by atoms with E-state index in [-0.39, 0.29) is 5.78 Å². The average Bonchev–Trinajstić information content (AvgIpc) is 2.54. The van der Waals surface area contributed by atoms with Crippen LogP contribution in [-0.4, -0.2) is 12.4 Å². The number of hydrogen-bond acceptors (Lipinski definition) is 3. The van der Waals surface area contributed by atoms with Crippen LogP contribution in [0.25, 0.3) is 0 Å². The lowest BCUT2D eigenvalue weighted by Gasteiger charge is -2.08. The molecule has 2 aromatic rings. The van der Waals surface area contributed by atoms with Gasteiger partial charge in [-0.3, -0.25) is 4.79 Å². The van der Waals surface area contributed by atoms with Crippen LogP contribution in [0.3, 0.4) is 0 Å². The summed E-state index contributed by atoms with van der Waals surface area (Å²) >= 11 is 0. The molecule has 0 atom stereocenters. The van der Waals surface area contributed by atoms with E-state index in [1.807, 2.05) is 31.2 Å². The molecule has 0 aliphatic rings. The van der Waals surface area contributed by atoms with Gasteiger partial charge in [0.05, 0.1) is 6.61 Å². The first-order valence-corrected chi connectivity index (χ1v) is 6.68. The van der Waals surface area contributed by atoms with Crippen LogP contribution in [0.5, 0.6) is 11.5 Å². The van der Waals surface area contributed by atoms with E-state index in [0.29, 0.717) is 24.5 Å². The molecule has 0 amide bonds. The molecule has 0 bridgehead atoms. The smallest absolute Gasteiger partial charge is 0.235 e. The second-order valence-electron chi connectivity index (χ2n) is 4.37. The van der Waals surface area contributed by atoms with E-state index < -0.39 is 0 Å². The molecule has 0 unspecified atom stereocenters. The third-order valence-electron chi connectivity index (χ3n) is 2.87. The summed E-state index contributed by atoms with van der Waals surface area (Å²) in [6.07, 6.45) is 5.11. The number of benzene rings is 2. The van der Waals surface area contributed by atoms with Gasteiger partial charge >= 0.3 is 0 Å². The van der Waals surface area contributed by atoms with Gasteiger partial charge < -0.3 is 9.47 Å². The Balaban J connectivity index is 1.99. The fourth-order valence-corrected chi connectivity index (χ4v) is 1.83. The lowest BCUT2D eigenvalue weighted by molar-refractivity contribution is 0.105. The summed E-state index contributed by atoms with van der Waals surface area (Å²) in [5, 5.41) is 0. The van der Waals surface area contributed by atoms with Crippen LogP contribution >= 0.6 is 0 Å². The van der Waals surface area contributed by atoms with Gasteiger partial charge in [0, 0.05) is 5.56 Å². The van der Waals surface area contributed by atoms with Crippen LogP contribution in [0, 0.1) is 12.3 Å². The van der Waals surface area contributed by atoms with E-state index in [1.165, 1.54) is 0 Å². The van der Waals surface area contributed by atoms with Crippen molar-refractivity contribution in [2.75, 3.05) is 6.61 Å². The highest BCUT2D eigenvalue weighted by molar-refractivity contribution is 6.08. The molecular weight excluding hydrogens is 264 g/mol. The summed E-state index contributed by atoms with van der Waals surface area (Å²) in [5.41, 5.74) is 1.48. The molecule has 0 heterocycles. The van der Waals surface area contributed by atoms with Crippen molar-refractivity contribution in [2.24, 2.45) is 0 Å². The highest BCUT2D eigenvalue weighted by atomic mass is 16.5. The highest BCUT2D eigenvalue weighted by Crippen LogP contribution is 2.17. The summed E-state index contributed by atoms with van der Waals surface area (Å²) in [6.45, 7) is 3.01. The van der Waals surface area contributed by atoms with Gasteiger partial charge in [-0.05, 0) is 42.7 Å². The van der Waals surface area contributed by atoms with Crippen LogP contribution in [-0.2, 0) is 6.61 Å². The molecule has 0 saturated heterocycles. The Morgan fingerprint density at radius 1 is 1.10 bits per heavy atom. The number of Topliss-reactive ketones (excluding diaryl/α,β-unsaturated/α-hetero) is 1. The molecule has 0 aromatic heterocycles. The van der Waals surface area contributed by atoms with Crippen molar-refractivity contribution in [3.8, 4) is 23.8 Å². The van der Waals surface area contributed by atoms with Crippen molar-refractivity contribution in [1.82, 2.24) is 0 Å². The number of terminal acetylenes is 1.